The number of para-hydroxylation sites is 1. The highest BCUT2D eigenvalue weighted by molar-refractivity contribution is 6.68. The van der Waals surface area contributed by atoms with Crippen LogP contribution >= 0.6 is 11.6 Å². The standard InChI is InChI=1S/C17H12ClNO2/c1-11-16(17(18)21)15-9-14(20)8-7-12(15)10-19(11)13-5-3-2-4-6-13/h2-10H,1H3. The molecule has 1 aromatic carbocycles. The molecule has 0 radical (unpaired) electrons. The Morgan fingerprint density at radius 3 is 2.48 bits per heavy atom. The lowest BCUT2D eigenvalue weighted by Crippen LogP contribution is -2.11. The zero-order valence-corrected chi connectivity index (χ0v) is 12.1. The van der Waals surface area contributed by atoms with E-state index in [1.807, 2.05) is 48.0 Å². The average Bonchev–Trinajstić information content (AvgIpc) is 2.47. The van der Waals surface area contributed by atoms with E-state index in [1.54, 1.807) is 6.07 Å². The van der Waals surface area contributed by atoms with Gasteiger partial charge >= 0.3 is 0 Å². The second-order valence-electron chi connectivity index (χ2n) is 4.82. The molecule has 0 aromatic heterocycles. The molecule has 2 aliphatic rings. The molecule has 1 aliphatic heterocycles. The van der Waals surface area contributed by atoms with Crippen molar-refractivity contribution >= 4 is 16.8 Å². The van der Waals surface area contributed by atoms with Crippen LogP contribution in [0.3, 0.4) is 0 Å². The van der Waals surface area contributed by atoms with Crippen LogP contribution in [0.1, 0.15) is 16.1 Å². The molecule has 1 aliphatic carbocycles. The molecular weight excluding hydrogens is 286 g/mol. The number of benzene rings is 2. The summed E-state index contributed by atoms with van der Waals surface area (Å²) in [7, 11) is 0. The molecular formula is C17H12ClNO2. The molecule has 3 nitrogen and oxygen atoms in total. The molecule has 0 amide bonds. The van der Waals surface area contributed by atoms with E-state index < -0.39 is 5.24 Å². The number of fused-ring (bicyclic) bond motifs is 1. The molecule has 0 saturated heterocycles. The quantitative estimate of drug-likeness (QED) is 0.678. The van der Waals surface area contributed by atoms with Gasteiger partial charge in [0.25, 0.3) is 5.24 Å². The summed E-state index contributed by atoms with van der Waals surface area (Å²) >= 11 is 5.74. The summed E-state index contributed by atoms with van der Waals surface area (Å²) in [5, 5.41) is -0.562. The van der Waals surface area contributed by atoms with Crippen molar-refractivity contribution < 1.29 is 4.79 Å². The molecule has 0 fully saturated rings. The van der Waals surface area contributed by atoms with Crippen molar-refractivity contribution in [1.82, 2.24) is 4.57 Å². The Morgan fingerprint density at radius 1 is 1.10 bits per heavy atom. The van der Waals surface area contributed by atoms with Gasteiger partial charge in [0.15, 0.2) is 5.43 Å². The van der Waals surface area contributed by atoms with Crippen LogP contribution in [0.4, 0.5) is 0 Å². The zero-order valence-electron chi connectivity index (χ0n) is 11.3. The maximum Gasteiger partial charge on any atom is 0.254 e. The number of nitrogens with zero attached hydrogens (tertiary/aromatic N) is 1. The lowest BCUT2D eigenvalue weighted by molar-refractivity contribution is 0.108. The SMILES string of the molecule is Cc1c(C(=O)Cl)c2cc(=O)ccc-2cn1-c1ccccc1. The van der Waals surface area contributed by atoms with Crippen molar-refractivity contribution in [3.05, 3.63) is 76.2 Å². The molecule has 1 heterocycles. The van der Waals surface area contributed by atoms with Crippen LogP contribution < -0.4 is 5.43 Å². The Bertz CT molecular complexity index is 853. The Hall–Kier alpha value is -2.39. The summed E-state index contributed by atoms with van der Waals surface area (Å²) in [5.74, 6) is 0. The van der Waals surface area contributed by atoms with E-state index in [2.05, 4.69) is 0 Å². The first-order chi connectivity index (χ1) is 10.1. The van der Waals surface area contributed by atoms with Crippen molar-refractivity contribution in [2.24, 2.45) is 0 Å². The lowest BCUT2D eigenvalue weighted by atomic mass is 9.98. The molecule has 0 N–H and O–H groups in total. The van der Waals surface area contributed by atoms with Crippen molar-refractivity contribution in [2.45, 2.75) is 6.92 Å². The highest BCUT2D eigenvalue weighted by Crippen LogP contribution is 2.30. The van der Waals surface area contributed by atoms with Gasteiger partial charge in [0.1, 0.15) is 0 Å². The Morgan fingerprint density at radius 2 is 1.81 bits per heavy atom. The predicted octanol–water partition coefficient (Wildman–Crippen LogP) is 3.63. The van der Waals surface area contributed by atoms with Crippen LogP contribution in [0.15, 0.2) is 59.5 Å². The molecule has 0 saturated carbocycles. The molecule has 0 unspecified atom stereocenters. The van der Waals surface area contributed by atoms with Crippen molar-refractivity contribution in [3.8, 4) is 16.8 Å². The first-order valence-corrected chi connectivity index (χ1v) is 6.87. The minimum absolute atomic E-state index is 0.140. The zero-order chi connectivity index (χ0) is 15.0. The summed E-state index contributed by atoms with van der Waals surface area (Å²) in [5.41, 5.74) is 3.26. The number of rotatable bonds is 2. The van der Waals surface area contributed by atoms with Gasteiger partial charge in [0.2, 0.25) is 0 Å². The molecule has 3 rings (SSSR count). The highest BCUT2D eigenvalue weighted by Gasteiger charge is 2.19. The highest BCUT2D eigenvalue weighted by atomic mass is 35.5. The Balaban J connectivity index is 2.41. The normalized spacial score (nSPS) is 10.8. The Labute approximate surface area is 126 Å². The van der Waals surface area contributed by atoms with Gasteiger partial charge in [-0.1, -0.05) is 18.2 Å². The van der Waals surface area contributed by atoms with Gasteiger partial charge in [-0.3, -0.25) is 9.59 Å². The number of aromatic nitrogens is 1. The number of pyridine rings is 1. The number of carbonyl (C=O) groups is 1. The summed E-state index contributed by atoms with van der Waals surface area (Å²) in [4.78, 5) is 23.4. The van der Waals surface area contributed by atoms with E-state index in [0.717, 1.165) is 11.3 Å². The maximum absolute atomic E-state index is 11.8. The van der Waals surface area contributed by atoms with E-state index in [4.69, 9.17) is 11.6 Å². The van der Waals surface area contributed by atoms with E-state index in [-0.39, 0.29) is 5.43 Å². The third-order valence-corrected chi connectivity index (χ3v) is 3.71. The summed E-state index contributed by atoms with van der Waals surface area (Å²) in [6.45, 7) is 1.82. The lowest BCUT2D eigenvalue weighted by Gasteiger charge is -2.19. The monoisotopic (exact) mass is 297 g/mol. The fraction of sp³-hybridized carbons (Fsp3) is 0.0588. The predicted molar refractivity (Wildman–Crippen MR) is 83.6 cm³/mol. The smallest absolute Gasteiger partial charge is 0.254 e. The summed E-state index contributed by atoms with van der Waals surface area (Å²) in [6.07, 6.45) is 1.91. The van der Waals surface area contributed by atoms with Gasteiger partial charge in [0.05, 0.1) is 5.56 Å². The van der Waals surface area contributed by atoms with E-state index >= 15 is 0 Å². The van der Waals surface area contributed by atoms with E-state index in [0.29, 0.717) is 16.8 Å². The van der Waals surface area contributed by atoms with Crippen LogP contribution in [0.25, 0.3) is 16.8 Å². The van der Waals surface area contributed by atoms with Crippen molar-refractivity contribution in [2.75, 3.05) is 0 Å². The average molecular weight is 298 g/mol. The topological polar surface area (TPSA) is 39.1 Å². The summed E-state index contributed by atoms with van der Waals surface area (Å²) < 4.78 is 1.91. The third kappa shape index (κ3) is 2.36. The molecule has 0 atom stereocenters. The van der Waals surface area contributed by atoms with Crippen LogP contribution in [0.5, 0.6) is 0 Å². The number of carbonyl (C=O) groups excluding carboxylic acids is 1. The largest absolute Gasteiger partial charge is 0.320 e. The molecule has 0 spiro atoms. The summed E-state index contributed by atoms with van der Waals surface area (Å²) in [6, 6.07) is 14.3. The fourth-order valence-electron chi connectivity index (χ4n) is 2.52. The van der Waals surface area contributed by atoms with Gasteiger partial charge in [-0.05, 0) is 54.4 Å². The number of halogens is 1. The van der Waals surface area contributed by atoms with Crippen LogP contribution in [-0.2, 0) is 0 Å². The molecule has 104 valence electrons. The third-order valence-electron chi connectivity index (χ3n) is 3.52. The first kappa shape index (κ1) is 13.6. The minimum atomic E-state index is -0.562. The number of hydrogen-bond acceptors (Lipinski definition) is 2. The van der Waals surface area contributed by atoms with Crippen molar-refractivity contribution in [1.29, 1.82) is 0 Å². The van der Waals surface area contributed by atoms with Crippen LogP contribution in [-0.4, -0.2) is 9.81 Å². The van der Waals surface area contributed by atoms with E-state index in [9.17, 15) is 9.59 Å². The van der Waals surface area contributed by atoms with Gasteiger partial charge in [-0.2, -0.15) is 0 Å². The molecule has 21 heavy (non-hydrogen) atoms. The molecule has 4 heteroatoms. The second kappa shape index (κ2) is 5.19. The Kier molecular flexibility index (Phi) is 3.35. The first-order valence-electron chi connectivity index (χ1n) is 6.49. The second-order valence-corrected chi connectivity index (χ2v) is 5.16. The fourth-order valence-corrected chi connectivity index (χ4v) is 2.76. The van der Waals surface area contributed by atoms with Crippen LogP contribution in [0, 0.1) is 6.92 Å². The molecule has 0 bridgehead atoms. The van der Waals surface area contributed by atoms with Gasteiger partial charge < -0.3 is 4.57 Å². The minimum Gasteiger partial charge on any atom is -0.320 e. The molecule has 1 aromatic rings. The van der Waals surface area contributed by atoms with Gasteiger partial charge in [-0.15, -0.1) is 0 Å². The number of hydrogen-bond donors (Lipinski definition) is 0. The van der Waals surface area contributed by atoms with Gasteiger partial charge in [0, 0.05) is 23.1 Å². The van der Waals surface area contributed by atoms with Gasteiger partial charge in [-0.25, -0.2) is 0 Å². The van der Waals surface area contributed by atoms with E-state index in [1.165, 1.54) is 12.1 Å². The van der Waals surface area contributed by atoms with Crippen LogP contribution in [0.2, 0.25) is 0 Å². The van der Waals surface area contributed by atoms with Crippen molar-refractivity contribution in [3.63, 3.8) is 0 Å². The maximum atomic E-state index is 11.8.